The lowest BCUT2D eigenvalue weighted by Gasteiger charge is -2.25. The Balaban J connectivity index is 1.75. The van der Waals surface area contributed by atoms with E-state index in [0.29, 0.717) is 37.7 Å². The molecule has 5 rings (SSSR count). The van der Waals surface area contributed by atoms with Crippen LogP contribution >= 0.6 is 11.3 Å². The van der Waals surface area contributed by atoms with Crippen LogP contribution in [0, 0.1) is 0 Å². The highest BCUT2D eigenvalue weighted by Crippen LogP contribution is 2.36. The maximum absolute atomic E-state index is 13.8. The molecule has 3 heterocycles. The van der Waals surface area contributed by atoms with Crippen LogP contribution in [0.2, 0.25) is 0 Å². The Hall–Kier alpha value is -4.11. The zero-order chi connectivity index (χ0) is 25.4. The van der Waals surface area contributed by atoms with Crippen molar-refractivity contribution >= 4 is 34.3 Å². The number of ether oxygens (including phenoxy) is 3. The molecule has 0 bridgehead atoms. The molecule has 2 aromatic carbocycles. The van der Waals surface area contributed by atoms with Crippen molar-refractivity contribution in [1.29, 1.82) is 0 Å². The second-order valence-electron chi connectivity index (χ2n) is 8.21. The van der Waals surface area contributed by atoms with E-state index in [0.717, 1.165) is 16.5 Å². The van der Waals surface area contributed by atoms with E-state index in [2.05, 4.69) is 9.98 Å². The van der Waals surface area contributed by atoms with Crippen LogP contribution in [-0.4, -0.2) is 36.3 Å². The predicted molar refractivity (Wildman–Crippen MR) is 138 cm³/mol. The van der Waals surface area contributed by atoms with E-state index in [1.165, 1.54) is 11.3 Å². The molecule has 8 nitrogen and oxygen atoms in total. The number of esters is 1. The molecule has 1 N–H and O–H groups in total. The molecule has 0 aliphatic carbocycles. The lowest BCUT2D eigenvalue weighted by atomic mass is 9.95. The van der Waals surface area contributed by atoms with Gasteiger partial charge in [-0.2, -0.15) is 0 Å². The van der Waals surface area contributed by atoms with Crippen LogP contribution in [0.3, 0.4) is 0 Å². The summed E-state index contributed by atoms with van der Waals surface area (Å²) in [6.07, 6.45) is 3.74. The molecule has 1 atom stereocenters. The van der Waals surface area contributed by atoms with E-state index in [4.69, 9.17) is 14.2 Å². The van der Waals surface area contributed by atoms with Gasteiger partial charge in [0.1, 0.15) is 0 Å². The summed E-state index contributed by atoms with van der Waals surface area (Å²) < 4.78 is 18.3. The first-order valence-electron chi connectivity index (χ1n) is 11.4. The molecule has 1 aliphatic rings. The number of thiazole rings is 1. The first kappa shape index (κ1) is 23.6. The summed E-state index contributed by atoms with van der Waals surface area (Å²) in [6, 6.07) is 12.5. The minimum atomic E-state index is -0.731. The molecule has 0 saturated heterocycles. The van der Waals surface area contributed by atoms with Gasteiger partial charge in [-0.3, -0.25) is 9.36 Å². The van der Waals surface area contributed by atoms with Gasteiger partial charge in [-0.1, -0.05) is 35.6 Å². The molecule has 0 saturated carbocycles. The monoisotopic (exact) mass is 503 g/mol. The van der Waals surface area contributed by atoms with Gasteiger partial charge in [0.15, 0.2) is 16.3 Å². The molecule has 2 aromatic heterocycles. The number of rotatable bonds is 6. The Kier molecular flexibility index (Phi) is 6.24. The normalized spacial score (nSPS) is 15.6. The summed E-state index contributed by atoms with van der Waals surface area (Å²) in [4.78, 5) is 35.3. The lowest BCUT2D eigenvalue weighted by molar-refractivity contribution is -0.139. The minimum Gasteiger partial charge on any atom is -0.493 e. The van der Waals surface area contributed by atoms with Crippen molar-refractivity contribution in [3.63, 3.8) is 0 Å². The summed E-state index contributed by atoms with van der Waals surface area (Å²) in [7, 11) is 3.10. The van der Waals surface area contributed by atoms with E-state index in [1.807, 2.05) is 42.6 Å². The quantitative estimate of drug-likeness (QED) is 0.408. The SMILES string of the molecule is CCOC(=O)C1=C(C)N=c2sc(=Cc3c[nH]c4ccccc34)c(=O)n2[C@H]1c1ccc(OC)c(OC)c1. The van der Waals surface area contributed by atoms with Crippen LogP contribution < -0.4 is 24.4 Å². The number of aromatic amines is 1. The number of benzene rings is 2. The number of H-pyrrole nitrogens is 1. The average Bonchev–Trinajstić information content (AvgIpc) is 3.43. The van der Waals surface area contributed by atoms with E-state index in [-0.39, 0.29) is 12.2 Å². The van der Waals surface area contributed by atoms with Gasteiger partial charge >= 0.3 is 5.97 Å². The van der Waals surface area contributed by atoms with Crippen molar-refractivity contribution in [2.24, 2.45) is 4.99 Å². The van der Waals surface area contributed by atoms with Gasteiger partial charge in [-0.05, 0) is 43.7 Å². The number of allylic oxidation sites excluding steroid dienone is 1. The van der Waals surface area contributed by atoms with Crippen LogP contribution in [0.5, 0.6) is 11.5 Å². The summed E-state index contributed by atoms with van der Waals surface area (Å²) in [5.74, 6) is 0.532. The lowest BCUT2D eigenvalue weighted by Crippen LogP contribution is -2.39. The molecule has 1 aliphatic heterocycles. The molecule has 0 spiro atoms. The fourth-order valence-corrected chi connectivity index (χ4v) is 5.52. The fraction of sp³-hybridized carbons (Fsp3) is 0.222. The maximum atomic E-state index is 13.8. The number of methoxy groups -OCH3 is 2. The molecule has 0 amide bonds. The smallest absolute Gasteiger partial charge is 0.338 e. The highest BCUT2D eigenvalue weighted by Gasteiger charge is 2.34. The number of carbonyl (C=O) groups excluding carboxylic acids is 1. The molecule has 9 heteroatoms. The predicted octanol–water partition coefficient (Wildman–Crippen LogP) is 3.30. The summed E-state index contributed by atoms with van der Waals surface area (Å²) in [6.45, 7) is 3.71. The van der Waals surface area contributed by atoms with E-state index in [1.54, 1.807) is 44.8 Å². The standard InChI is InChI=1S/C27H25N3O5S/c1-5-35-26(32)23-15(2)29-27-30(24(23)16-10-11-20(33-3)21(12-16)34-4)25(31)22(36-27)13-17-14-28-19-9-7-6-8-18(17)19/h6-14,24,28H,5H2,1-4H3/t24-/m0/s1. The summed E-state index contributed by atoms with van der Waals surface area (Å²) in [5, 5.41) is 1.02. The number of hydrogen-bond donors (Lipinski definition) is 1. The third-order valence-corrected chi connectivity index (χ3v) is 7.13. The molecule has 184 valence electrons. The van der Waals surface area contributed by atoms with Crippen molar-refractivity contribution in [2.45, 2.75) is 19.9 Å². The van der Waals surface area contributed by atoms with Crippen molar-refractivity contribution in [2.75, 3.05) is 20.8 Å². The molecule has 0 fully saturated rings. The number of aromatic nitrogens is 2. The molecule has 4 aromatic rings. The zero-order valence-corrected chi connectivity index (χ0v) is 21.1. The molecule has 0 unspecified atom stereocenters. The Bertz CT molecular complexity index is 1690. The second-order valence-corrected chi connectivity index (χ2v) is 9.22. The number of para-hydroxylation sites is 1. The van der Waals surface area contributed by atoms with Crippen molar-refractivity contribution in [3.8, 4) is 11.5 Å². The zero-order valence-electron chi connectivity index (χ0n) is 20.3. The first-order valence-corrected chi connectivity index (χ1v) is 12.3. The highest BCUT2D eigenvalue weighted by molar-refractivity contribution is 7.07. The fourth-order valence-electron chi connectivity index (χ4n) is 4.48. The number of nitrogens with one attached hydrogen (secondary N) is 1. The largest absolute Gasteiger partial charge is 0.493 e. The van der Waals surface area contributed by atoms with Crippen LogP contribution in [-0.2, 0) is 9.53 Å². The minimum absolute atomic E-state index is 0.208. The topological polar surface area (TPSA) is 94.9 Å². The van der Waals surface area contributed by atoms with Gasteiger partial charge in [-0.25, -0.2) is 9.79 Å². The molecular formula is C27H25N3O5S. The number of nitrogens with zero attached hydrogens (tertiary/aromatic N) is 2. The Morgan fingerprint density at radius 2 is 1.94 bits per heavy atom. The van der Waals surface area contributed by atoms with Crippen molar-refractivity contribution in [1.82, 2.24) is 9.55 Å². The number of carbonyl (C=O) groups is 1. The maximum Gasteiger partial charge on any atom is 0.338 e. The second kappa shape index (κ2) is 9.50. The van der Waals surface area contributed by atoms with E-state index in [9.17, 15) is 9.59 Å². The van der Waals surface area contributed by atoms with Crippen molar-refractivity contribution in [3.05, 3.63) is 90.7 Å². The van der Waals surface area contributed by atoms with Gasteiger partial charge in [0.25, 0.3) is 5.56 Å². The van der Waals surface area contributed by atoms with Crippen LogP contribution in [0.1, 0.15) is 31.0 Å². The van der Waals surface area contributed by atoms with Crippen molar-refractivity contribution < 1.29 is 19.0 Å². The first-order chi connectivity index (χ1) is 17.5. The Labute approximate surface area is 210 Å². The van der Waals surface area contributed by atoms with Gasteiger partial charge in [0.2, 0.25) is 0 Å². The van der Waals surface area contributed by atoms with E-state index >= 15 is 0 Å². The van der Waals surface area contributed by atoms with Crippen LogP contribution in [0.4, 0.5) is 0 Å². The van der Waals surface area contributed by atoms with Gasteiger partial charge in [0.05, 0.1) is 42.7 Å². The molecule has 36 heavy (non-hydrogen) atoms. The van der Waals surface area contributed by atoms with Crippen LogP contribution in [0.15, 0.2) is 69.7 Å². The summed E-state index contributed by atoms with van der Waals surface area (Å²) >= 11 is 1.29. The van der Waals surface area contributed by atoms with Gasteiger partial charge in [0, 0.05) is 22.7 Å². The van der Waals surface area contributed by atoms with Gasteiger partial charge < -0.3 is 19.2 Å². The Morgan fingerprint density at radius 3 is 2.69 bits per heavy atom. The summed E-state index contributed by atoms with van der Waals surface area (Å²) in [5.41, 5.74) is 3.16. The highest BCUT2D eigenvalue weighted by atomic mass is 32.1. The number of hydrogen-bond acceptors (Lipinski definition) is 7. The number of fused-ring (bicyclic) bond motifs is 2. The van der Waals surface area contributed by atoms with E-state index < -0.39 is 12.0 Å². The third-order valence-electron chi connectivity index (χ3n) is 6.15. The average molecular weight is 504 g/mol. The van der Waals surface area contributed by atoms with Gasteiger partial charge in [-0.15, -0.1) is 0 Å². The third kappa shape index (κ3) is 3.91. The molecule has 0 radical (unpaired) electrons. The van der Waals surface area contributed by atoms with Crippen LogP contribution in [0.25, 0.3) is 17.0 Å². The molecular weight excluding hydrogens is 478 g/mol. The Morgan fingerprint density at radius 1 is 1.17 bits per heavy atom.